The van der Waals surface area contributed by atoms with E-state index in [-0.39, 0.29) is 16.7 Å². The van der Waals surface area contributed by atoms with Crippen LogP contribution in [0.1, 0.15) is 92.9 Å². The molecule has 0 rings (SSSR count). The van der Waals surface area contributed by atoms with Gasteiger partial charge in [-0.2, -0.15) is 0 Å². The van der Waals surface area contributed by atoms with Crippen molar-refractivity contribution in [3.8, 4) is 0 Å². The van der Waals surface area contributed by atoms with Crippen molar-refractivity contribution < 1.29 is 14.4 Å². The van der Waals surface area contributed by atoms with Crippen LogP contribution in [0.3, 0.4) is 0 Å². The van der Waals surface area contributed by atoms with E-state index in [1.807, 2.05) is 6.92 Å². The minimum absolute atomic E-state index is 0.0943. The van der Waals surface area contributed by atoms with Gasteiger partial charge in [0, 0.05) is 26.2 Å². The fraction of sp³-hybridized carbons (Fsp3) is 0.737. The summed E-state index contributed by atoms with van der Waals surface area (Å²) in [7, 11) is 0. The van der Waals surface area contributed by atoms with Gasteiger partial charge in [-0.3, -0.25) is 9.59 Å². The van der Waals surface area contributed by atoms with Crippen molar-refractivity contribution in [2.24, 2.45) is 0 Å². The Hall–Kier alpha value is -0.900. The molecule has 0 bridgehead atoms. The number of allylic oxidation sites excluding steroid dienone is 2. The zero-order chi connectivity index (χ0) is 18.7. The third-order valence-electron chi connectivity index (χ3n) is 2.90. The van der Waals surface area contributed by atoms with Crippen LogP contribution in [0.2, 0.25) is 0 Å². The molecule has 0 aromatic rings. The Morgan fingerprint density at radius 3 is 1.65 bits per heavy atom. The smallest absolute Gasteiger partial charge is 0.182 e. The molecule has 4 heteroatoms. The second-order valence-corrected chi connectivity index (χ2v) is 6.00. The van der Waals surface area contributed by atoms with Gasteiger partial charge in [-0.1, -0.05) is 52.2 Å². The van der Waals surface area contributed by atoms with Crippen LogP contribution in [-0.2, 0) is 14.4 Å². The molecular weight excluding hydrogens is 308 g/mol. The lowest BCUT2D eigenvalue weighted by molar-refractivity contribution is -0.123. The lowest BCUT2D eigenvalue weighted by Crippen LogP contribution is -1.98. The maximum absolute atomic E-state index is 10.6. The highest BCUT2D eigenvalue weighted by atomic mass is 32.1. The Balaban J connectivity index is -0.000000284. The molecule has 0 spiro atoms. The van der Waals surface area contributed by atoms with Gasteiger partial charge in [-0.25, -0.2) is 0 Å². The molecule has 0 fully saturated rings. The fourth-order valence-corrected chi connectivity index (χ4v) is 1.58. The summed E-state index contributed by atoms with van der Waals surface area (Å²) in [6, 6.07) is 0. The standard InChI is InChI=1S/C10H20.C7H12O2.C2H4OS/c1-4-7-9-10(6-3)8-5-2;1-3-7(9)5-4-6(2)8;1-2(3)4/h9H,4-8H2,1-3H3;3-5H2,1-2H3;1H3,(H,3,4). The maximum atomic E-state index is 10.6. The van der Waals surface area contributed by atoms with E-state index in [0.29, 0.717) is 19.3 Å². The van der Waals surface area contributed by atoms with Crippen LogP contribution >= 0.6 is 12.6 Å². The molecule has 0 heterocycles. The minimum atomic E-state index is -0.139. The van der Waals surface area contributed by atoms with Crippen LogP contribution < -0.4 is 0 Å². The molecule has 0 saturated heterocycles. The number of thiol groups is 1. The van der Waals surface area contributed by atoms with Crippen molar-refractivity contribution >= 4 is 29.3 Å². The molecule has 3 nitrogen and oxygen atoms in total. The summed E-state index contributed by atoms with van der Waals surface area (Å²) in [5.74, 6) is 0.266. The SMILES string of the molecule is CC(=O)S.CCC(=O)CCC(C)=O.CCCC=C(CC)CCC. The summed E-state index contributed by atoms with van der Waals surface area (Å²) in [4.78, 5) is 30.2. The number of hydrogen-bond donors (Lipinski definition) is 1. The molecule has 0 N–H and O–H groups in total. The van der Waals surface area contributed by atoms with Crippen LogP contribution in [-0.4, -0.2) is 16.7 Å². The van der Waals surface area contributed by atoms with Crippen LogP contribution in [0.15, 0.2) is 11.6 Å². The minimum Gasteiger partial charge on any atom is -0.300 e. The van der Waals surface area contributed by atoms with Gasteiger partial charge in [0.2, 0.25) is 0 Å². The molecule has 0 aromatic heterocycles. The van der Waals surface area contributed by atoms with Gasteiger partial charge in [0.05, 0.1) is 0 Å². The van der Waals surface area contributed by atoms with E-state index in [1.165, 1.54) is 46.0 Å². The Morgan fingerprint density at radius 2 is 1.35 bits per heavy atom. The van der Waals surface area contributed by atoms with Crippen molar-refractivity contribution in [2.45, 2.75) is 92.9 Å². The molecular formula is C19H36O3S. The Bertz CT molecular complexity index is 343. The summed E-state index contributed by atoms with van der Waals surface area (Å²) in [5, 5.41) is -0.139. The summed E-state index contributed by atoms with van der Waals surface area (Å²) in [6.45, 7) is 11.4. The lowest BCUT2D eigenvalue weighted by Gasteiger charge is -2.00. The zero-order valence-electron chi connectivity index (χ0n) is 15.9. The number of carbonyl (C=O) groups excluding carboxylic acids is 3. The summed E-state index contributed by atoms with van der Waals surface area (Å²) in [5.41, 5.74) is 1.64. The first-order valence-electron chi connectivity index (χ1n) is 8.63. The van der Waals surface area contributed by atoms with Crippen LogP contribution in [0.25, 0.3) is 0 Å². The third kappa shape index (κ3) is 33.8. The van der Waals surface area contributed by atoms with Crippen LogP contribution in [0.4, 0.5) is 0 Å². The van der Waals surface area contributed by atoms with E-state index >= 15 is 0 Å². The molecule has 0 aliphatic rings. The topological polar surface area (TPSA) is 51.2 Å². The van der Waals surface area contributed by atoms with Gasteiger partial charge in [-0.15, -0.1) is 12.6 Å². The predicted octanol–water partition coefficient (Wildman–Crippen LogP) is 5.72. The number of ketones is 2. The number of carbonyl (C=O) groups is 3. The largest absolute Gasteiger partial charge is 0.300 e. The molecule has 0 atom stereocenters. The van der Waals surface area contributed by atoms with Crippen molar-refractivity contribution in [3.63, 3.8) is 0 Å². The molecule has 0 radical (unpaired) electrons. The first-order valence-corrected chi connectivity index (χ1v) is 9.08. The fourth-order valence-electron chi connectivity index (χ4n) is 1.58. The molecule has 23 heavy (non-hydrogen) atoms. The van der Waals surface area contributed by atoms with Gasteiger partial charge in [0.1, 0.15) is 11.6 Å². The van der Waals surface area contributed by atoms with Crippen LogP contribution in [0, 0.1) is 0 Å². The molecule has 136 valence electrons. The quantitative estimate of drug-likeness (QED) is 0.430. The van der Waals surface area contributed by atoms with Gasteiger partial charge >= 0.3 is 0 Å². The van der Waals surface area contributed by atoms with Crippen molar-refractivity contribution in [1.82, 2.24) is 0 Å². The first-order chi connectivity index (χ1) is 10.7. The third-order valence-corrected chi connectivity index (χ3v) is 2.90. The number of hydrogen-bond acceptors (Lipinski definition) is 3. The highest BCUT2D eigenvalue weighted by Crippen LogP contribution is 2.10. The van der Waals surface area contributed by atoms with E-state index in [4.69, 9.17) is 0 Å². The van der Waals surface area contributed by atoms with Gasteiger partial charge in [0.25, 0.3) is 0 Å². The van der Waals surface area contributed by atoms with Gasteiger partial charge in [0.15, 0.2) is 5.12 Å². The summed E-state index contributed by atoms with van der Waals surface area (Å²) < 4.78 is 0. The maximum Gasteiger partial charge on any atom is 0.182 e. The Morgan fingerprint density at radius 1 is 0.826 bits per heavy atom. The molecule has 0 aliphatic carbocycles. The average molecular weight is 345 g/mol. The van der Waals surface area contributed by atoms with E-state index in [1.54, 1.807) is 5.57 Å². The summed E-state index contributed by atoms with van der Waals surface area (Å²) in [6.07, 6.45) is 10.2. The Kier molecular flexibility index (Phi) is 24.7. The van der Waals surface area contributed by atoms with E-state index in [0.717, 1.165) is 0 Å². The molecule has 0 aliphatic heterocycles. The van der Waals surface area contributed by atoms with E-state index in [9.17, 15) is 14.4 Å². The van der Waals surface area contributed by atoms with Crippen molar-refractivity contribution in [3.05, 3.63) is 11.6 Å². The van der Waals surface area contributed by atoms with Crippen molar-refractivity contribution in [2.75, 3.05) is 0 Å². The number of unbranched alkanes of at least 4 members (excludes halogenated alkanes) is 1. The lowest BCUT2D eigenvalue weighted by atomic mass is 10.1. The highest BCUT2D eigenvalue weighted by Gasteiger charge is 1.99. The number of Topliss-reactive ketones (excluding diaryl/α,β-unsaturated/α-hetero) is 2. The predicted molar refractivity (Wildman–Crippen MR) is 103 cm³/mol. The summed E-state index contributed by atoms with van der Waals surface area (Å²) >= 11 is 3.33. The molecule has 0 aromatic carbocycles. The van der Waals surface area contributed by atoms with E-state index in [2.05, 4.69) is 39.5 Å². The normalized spacial score (nSPS) is 9.96. The molecule has 0 amide bonds. The monoisotopic (exact) mass is 344 g/mol. The van der Waals surface area contributed by atoms with Crippen molar-refractivity contribution in [1.29, 1.82) is 0 Å². The molecule has 0 saturated carbocycles. The van der Waals surface area contributed by atoms with Gasteiger partial charge < -0.3 is 4.79 Å². The van der Waals surface area contributed by atoms with Gasteiger partial charge in [-0.05, 0) is 26.2 Å². The molecule has 0 unspecified atom stereocenters. The number of rotatable bonds is 9. The Labute approximate surface area is 148 Å². The van der Waals surface area contributed by atoms with Crippen LogP contribution in [0.5, 0.6) is 0 Å². The zero-order valence-corrected chi connectivity index (χ0v) is 16.8. The first kappa shape index (κ1) is 27.0. The second kappa shape index (κ2) is 21.1. The highest BCUT2D eigenvalue weighted by molar-refractivity contribution is 7.96. The average Bonchev–Trinajstić information content (AvgIpc) is 2.49. The van der Waals surface area contributed by atoms with E-state index < -0.39 is 0 Å². The second-order valence-electron chi connectivity index (χ2n) is 5.37.